The fourth-order valence-electron chi connectivity index (χ4n) is 3.61. The Hall–Kier alpha value is -2.61. The summed E-state index contributed by atoms with van der Waals surface area (Å²) in [7, 11) is 0. The maximum absolute atomic E-state index is 13.1. The van der Waals surface area contributed by atoms with Crippen molar-refractivity contribution in [2.24, 2.45) is 0 Å². The molecule has 1 aliphatic rings. The minimum absolute atomic E-state index is 0.0233. The van der Waals surface area contributed by atoms with E-state index in [1.165, 1.54) is 22.5 Å². The van der Waals surface area contributed by atoms with Crippen molar-refractivity contribution in [1.82, 2.24) is 15.5 Å². The Morgan fingerprint density at radius 2 is 1.97 bits per heavy atom. The molecule has 1 aliphatic carbocycles. The summed E-state index contributed by atoms with van der Waals surface area (Å²) < 4.78 is 5.46. The minimum Gasteiger partial charge on any atom is -0.467 e. The van der Waals surface area contributed by atoms with Gasteiger partial charge in [0.15, 0.2) is 6.04 Å². The standard InChI is InChI=1S/C21H27N3O4S/c1-14(2)24(21(27)20(26)23-15-7-3-4-8-15)18(17-10-5-11-28-17)19(25)22-13-16-9-6-12-29-16/h5-6,9-12,14-15,18H,3-4,7-8,13H2,1-2H3,(H,22,25)(H,23,26)/t18-/m1/s1. The maximum atomic E-state index is 13.1. The van der Waals surface area contributed by atoms with E-state index in [1.54, 1.807) is 26.0 Å². The van der Waals surface area contributed by atoms with Crippen LogP contribution in [0.3, 0.4) is 0 Å². The highest BCUT2D eigenvalue weighted by atomic mass is 32.1. The van der Waals surface area contributed by atoms with E-state index in [-0.39, 0.29) is 18.0 Å². The zero-order chi connectivity index (χ0) is 20.8. The molecule has 156 valence electrons. The maximum Gasteiger partial charge on any atom is 0.313 e. The van der Waals surface area contributed by atoms with Crippen LogP contribution in [0.4, 0.5) is 0 Å². The van der Waals surface area contributed by atoms with Crippen LogP contribution in [-0.2, 0) is 20.9 Å². The number of carbonyl (C=O) groups is 3. The molecule has 1 fully saturated rings. The smallest absolute Gasteiger partial charge is 0.313 e. The second kappa shape index (κ2) is 9.73. The van der Waals surface area contributed by atoms with Gasteiger partial charge in [-0.05, 0) is 50.3 Å². The summed E-state index contributed by atoms with van der Waals surface area (Å²) >= 11 is 1.53. The van der Waals surface area contributed by atoms with Gasteiger partial charge >= 0.3 is 11.8 Å². The van der Waals surface area contributed by atoms with Crippen LogP contribution in [0.1, 0.15) is 56.2 Å². The van der Waals surface area contributed by atoms with E-state index in [1.807, 2.05) is 17.5 Å². The average molecular weight is 418 g/mol. The lowest BCUT2D eigenvalue weighted by molar-refractivity contribution is -0.152. The van der Waals surface area contributed by atoms with Gasteiger partial charge in [0.25, 0.3) is 5.91 Å². The molecule has 2 aromatic rings. The molecule has 3 amide bonds. The topological polar surface area (TPSA) is 91.7 Å². The molecule has 7 nitrogen and oxygen atoms in total. The van der Waals surface area contributed by atoms with Crippen molar-refractivity contribution < 1.29 is 18.8 Å². The summed E-state index contributed by atoms with van der Waals surface area (Å²) in [4.78, 5) is 41.0. The van der Waals surface area contributed by atoms with Crippen LogP contribution in [-0.4, -0.2) is 34.7 Å². The number of nitrogens with one attached hydrogen (secondary N) is 2. The lowest BCUT2D eigenvalue weighted by atomic mass is 10.1. The van der Waals surface area contributed by atoms with Gasteiger partial charge in [0.1, 0.15) is 5.76 Å². The molecule has 0 saturated heterocycles. The Labute approximate surface area is 174 Å². The molecule has 0 aliphatic heterocycles. The number of amides is 3. The second-order valence-electron chi connectivity index (χ2n) is 7.48. The molecule has 0 aromatic carbocycles. The number of hydrogen-bond donors (Lipinski definition) is 2. The van der Waals surface area contributed by atoms with Gasteiger partial charge in [-0.15, -0.1) is 11.3 Å². The Kier molecular flexibility index (Phi) is 7.09. The number of nitrogens with zero attached hydrogens (tertiary/aromatic N) is 1. The van der Waals surface area contributed by atoms with Gasteiger partial charge in [-0.1, -0.05) is 18.9 Å². The molecule has 1 saturated carbocycles. The first kappa shape index (κ1) is 21.1. The van der Waals surface area contributed by atoms with E-state index in [4.69, 9.17) is 4.42 Å². The SMILES string of the molecule is CC(C)N(C(=O)C(=O)NC1CCCC1)[C@@H](C(=O)NCc1cccs1)c1ccco1. The Balaban J connectivity index is 1.79. The highest BCUT2D eigenvalue weighted by molar-refractivity contribution is 7.09. The molecular weight excluding hydrogens is 390 g/mol. The molecule has 1 atom stereocenters. The van der Waals surface area contributed by atoms with Crippen LogP contribution < -0.4 is 10.6 Å². The molecule has 29 heavy (non-hydrogen) atoms. The number of furan rings is 1. The third kappa shape index (κ3) is 5.26. The molecule has 0 bridgehead atoms. The van der Waals surface area contributed by atoms with Crippen LogP contribution >= 0.6 is 11.3 Å². The van der Waals surface area contributed by atoms with Gasteiger partial charge in [0.2, 0.25) is 0 Å². The molecule has 2 aromatic heterocycles. The fraction of sp³-hybridized carbons (Fsp3) is 0.476. The van der Waals surface area contributed by atoms with Crippen LogP contribution in [0, 0.1) is 0 Å². The Morgan fingerprint density at radius 3 is 2.55 bits per heavy atom. The van der Waals surface area contributed by atoms with Crippen molar-refractivity contribution in [3.63, 3.8) is 0 Å². The summed E-state index contributed by atoms with van der Waals surface area (Å²) in [5, 5.41) is 7.61. The van der Waals surface area contributed by atoms with Gasteiger partial charge in [-0.2, -0.15) is 0 Å². The van der Waals surface area contributed by atoms with E-state index in [0.29, 0.717) is 12.3 Å². The van der Waals surface area contributed by atoms with E-state index in [9.17, 15) is 14.4 Å². The molecule has 0 unspecified atom stereocenters. The number of hydrogen-bond acceptors (Lipinski definition) is 5. The van der Waals surface area contributed by atoms with Crippen molar-refractivity contribution in [1.29, 1.82) is 0 Å². The van der Waals surface area contributed by atoms with Crippen molar-refractivity contribution in [2.45, 2.75) is 64.2 Å². The molecule has 0 spiro atoms. The summed E-state index contributed by atoms with van der Waals surface area (Å²) in [6.07, 6.45) is 5.31. The van der Waals surface area contributed by atoms with Gasteiger partial charge in [0.05, 0.1) is 12.8 Å². The van der Waals surface area contributed by atoms with Crippen LogP contribution in [0.15, 0.2) is 40.3 Å². The van der Waals surface area contributed by atoms with E-state index < -0.39 is 17.9 Å². The van der Waals surface area contributed by atoms with Crippen molar-refractivity contribution in [3.8, 4) is 0 Å². The third-order valence-corrected chi connectivity index (χ3v) is 5.91. The first-order chi connectivity index (χ1) is 14.0. The number of thiophene rings is 1. The summed E-state index contributed by atoms with van der Waals surface area (Å²) in [5.41, 5.74) is 0. The summed E-state index contributed by atoms with van der Waals surface area (Å²) in [6.45, 7) is 3.91. The third-order valence-electron chi connectivity index (χ3n) is 5.03. The van der Waals surface area contributed by atoms with Gasteiger partial charge in [-0.3, -0.25) is 14.4 Å². The van der Waals surface area contributed by atoms with Crippen molar-refractivity contribution in [2.75, 3.05) is 0 Å². The lowest BCUT2D eigenvalue weighted by Gasteiger charge is -2.32. The quantitative estimate of drug-likeness (QED) is 0.678. The monoisotopic (exact) mass is 417 g/mol. The fourth-order valence-corrected chi connectivity index (χ4v) is 4.25. The number of rotatable bonds is 7. The second-order valence-corrected chi connectivity index (χ2v) is 8.51. The lowest BCUT2D eigenvalue weighted by Crippen LogP contribution is -2.52. The van der Waals surface area contributed by atoms with Crippen molar-refractivity contribution in [3.05, 3.63) is 46.5 Å². The van der Waals surface area contributed by atoms with Crippen LogP contribution in [0.2, 0.25) is 0 Å². The predicted molar refractivity (Wildman–Crippen MR) is 110 cm³/mol. The molecule has 8 heteroatoms. The van der Waals surface area contributed by atoms with Gasteiger partial charge < -0.3 is 20.0 Å². The largest absolute Gasteiger partial charge is 0.467 e. The first-order valence-electron chi connectivity index (χ1n) is 9.94. The van der Waals surface area contributed by atoms with Crippen molar-refractivity contribution >= 4 is 29.1 Å². The van der Waals surface area contributed by atoms with E-state index >= 15 is 0 Å². The molecular formula is C21H27N3O4S. The predicted octanol–water partition coefficient (Wildman–Crippen LogP) is 2.99. The number of carbonyl (C=O) groups excluding carboxylic acids is 3. The Morgan fingerprint density at radius 1 is 1.21 bits per heavy atom. The normalized spacial score (nSPS) is 15.3. The minimum atomic E-state index is -1.02. The molecule has 3 rings (SSSR count). The summed E-state index contributed by atoms with van der Waals surface area (Å²) in [6, 6.07) is 5.77. The highest BCUT2D eigenvalue weighted by Crippen LogP contribution is 2.25. The zero-order valence-electron chi connectivity index (χ0n) is 16.7. The summed E-state index contributed by atoms with van der Waals surface area (Å²) in [5.74, 6) is -1.46. The Bertz CT molecular complexity index is 811. The first-order valence-corrected chi connectivity index (χ1v) is 10.8. The van der Waals surface area contributed by atoms with E-state index in [2.05, 4.69) is 10.6 Å². The van der Waals surface area contributed by atoms with E-state index in [0.717, 1.165) is 30.6 Å². The van der Waals surface area contributed by atoms with Gasteiger partial charge in [-0.25, -0.2) is 0 Å². The molecule has 2 heterocycles. The van der Waals surface area contributed by atoms with Crippen LogP contribution in [0.5, 0.6) is 0 Å². The zero-order valence-corrected chi connectivity index (χ0v) is 17.5. The highest BCUT2D eigenvalue weighted by Gasteiger charge is 2.38. The van der Waals surface area contributed by atoms with Gasteiger partial charge in [0, 0.05) is 17.0 Å². The average Bonchev–Trinajstić information content (AvgIpc) is 3.46. The molecule has 0 radical (unpaired) electrons. The van der Waals surface area contributed by atoms with Crippen LogP contribution in [0.25, 0.3) is 0 Å². The molecule has 2 N–H and O–H groups in total.